The van der Waals surface area contributed by atoms with Crippen molar-refractivity contribution in [2.45, 2.75) is 5.16 Å². The Morgan fingerprint density at radius 2 is 0.778 bits per heavy atom. The second-order valence-electron chi connectivity index (χ2n) is 8.98. The van der Waals surface area contributed by atoms with Gasteiger partial charge >= 0.3 is 0 Å². The molecule has 1 atom stereocenters. The van der Waals surface area contributed by atoms with Gasteiger partial charge in [-0.3, -0.25) is 0 Å². The summed E-state index contributed by atoms with van der Waals surface area (Å²) in [5, 5.41) is 4.97. The van der Waals surface area contributed by atoms with E-state index in [1.54, 1.807) is 0 Å². The Hall–Kier alpha value is -3.99. The van der Waals surface area contributed by atoms with Crippen molar-refractivity contribution < 1.29 is 0 Å². The van der Waals surface area contributed by atoms with Gasteiger partial charge in [0.05, 0.1) is 5.16 Å². The van der Waals surface area contributed by atoms with Crippen molar-refractivity contribution in [2.24, 2.45) is 0 Å². The Balaban J connectivity index is 1.81. The highest BCUT2D eigenvalue weighted by molar-refractivity contribution is 7.75. The molecule has 6 rings (SSSR count). The van der Waals surface area contributed by atoms with Crippen molar-refractivity contribution in [1.29, 1.82) is 0 Å². The van der Waals surface area contributed by atoms with Gasteiger partial charge < -0.3 is 0 Å². The zero-order chi connectivity index (χ0) is 24.2. The first-order valence-electron chi connectivity index (χ1n) is 12.4. The first-order valence-corrected chi connectivity index (χ1v) is 13.7. The Kier molecular flexibility index (Phi) is 6.20. The van der Waals surface area contributed by atoms with E-state index in [9.17, 15) is 0 Å². The Bertz CT molecular complexity index is 1460. The molecule has 0 spiro atoms. The average molecular weight is 479 g/mol. The molecule has 36 heavy (non-hydrogen) atoms. The number of hydrogen-bond donors (Lipinski definition) is 0. The minimum absolute atomic E-state index is 0.384. The number of benzene rings is 6. The van der Waals surface area contributed by atoms with Gasteiger partial charge in [0.25, 0.3) is 0 Å². The van der Waals surface area contributed by atoms with Crippen molar-refractivity contribution in [3.8, 4) is 0 Å². The first kappa shape index (κ1) is 22.5. The molecule has 0 saturated carbocycles. The molecular formula is C35H27P. The van der Waals surface area contributed by atoms with Crippen LogP contribution in [0.4, 0.5) is 0 Å². The molecule has 6 aromatic carbocycles. The predicted molar refractivity (Wildman–Crippen MR) is 156 cm³/mol. The molecule has 0 amide bonds. The van der Waals surface area contributed by atoms with Crippen molar-refractivity contribution in [3.63, 3.8) is 0 Å². The average Bonchev–Trinajstić information content (AvgIpc) is 2.97. The monoisotopic (exact) mass is 478 g/mol. The van der Waals surface area contributed by atoms with Gasteiger partial charge in [0.15, 0.2) is 0 Å². The van der Waals surface area contributed by atoms with E-state index >= 15 is 0 Å². The zero-order valence-corrected chi connectivity index (χ0v) is 20.9. The maximum Gasteiger partial charge on any atom is 0.0732 e. The lowest BCUT2D eigenvalue weighted by Gasteiger charge is -2.44. The van der Waals surface area contributed by atoms with Crippen LogP contribution in [0.1, 0.15) is 16.7 Å². The van der Waals surface area contributed by atoms with Crippen LogP contribution in [0, 0.1) is 0 Å². The van der Waals surface area contributed by atoms with Gasteiger partial charge in [-0.15, -0.1) is 0 Å². The molecule has 0 aromatic heterocycles. The number of fused-ring (bicyclic) bond motifs is 1. The highest BCUT2D eigenvalue weighted by atomic mass is 31.1. The van der Waals surface area contributed by atoms with E-state index in [-0.39, 0.29) is 5.16 Å². The van der Waals surface area contributed by atoms with E-state index in [2.05, 4.69) is 164 Å². The second kappa shape index (κ2) is 9.94. The largest absolute Gasteiger partial charge is 0.0732 e. The predicted octanol–water partition coefficient (Wildman–Crippen LogP) is 8.26. The minimum Gasteiger partial charge on any atom is -0.0622 e. The van der Waals surface area contributed by atoms with Gasteiger partial charge in [-0.05, 0) is 46.0 Å². The molecular weight excluding hydrogens is 451 g/mol. The molecule has 0 heterocycles. The summed E-state index contributed by atoms with van der Waals surface area (Å²) in [5.74, 6) is 0. The summed E-state index contributed by atoms with van der Waals surface area (Å²) in [6.45, 7) is 0. The molecule has 0 radical (unpaired) electrons. The van der Waals surface area contributed by atoms with Gasteiger partial charge in [0.2, 0.25) is 0 Å². The normalized spacial score (nSPS) is 12.3. The van der Waals surface area contributed by atoms with Crippen LogP contribution in [0.15, 0.2) is 164 Å². The molecule has 0 aliphatic heterocycles. The molecule has 6 aromatic rings. The smallest absolute Gasteiger partial charge is 0.0622 e. The number of hydrogen-bond acceptors (Lipinski definition) is 0. The fourth-order valence-electron chi connectivity index (χ4n) is 5.42. The van der Waals surface area contributed by atoms with Gasteiger partial charge in [-0.25, -0.2) is 0 Å². The van der Waals surface area contributed by atoms with Crippen molar-refractivity contribution in [2.75, 3.05) is 0 Å². The van der Waals surface area contributed by atoms with Gasteiger partial charge in [0, 0.05) is 0 Å². The minimum atomic E-state index is -0.927. The summed E-state index contributed by atoms with van der Waals surface area (Å²) in [4.78, 5) is 0. The van der Waals surface area contributed by atoms with Gasteiger partial charge in [-0.1, -0.05) is 164 Å². The van der Waals surface area contributed by atoms with Crippen molar-refractivity contribution >= 4 is 29.3 Å². The maximum atomic E-state index is 2.35. The van der Waals surface area contributed by atoms with Crippen LogP contribution < -0.4 is 10.6 Å². The summed E-state index contributed by atoms with van der Waals surface area (Å²) >= 11 is 0. The molecule has 0 nitrogen and oxygen atoms in total. The van der Waals surface area contributed by atoms with E-state index in [1.165, 1.54) is 38.1 Å². The second-order valence-corrected chi connectivity index (χ2v) is 11.3. The lowest BCUT2D eigenvalue weighted by Crippen LogP contribution is -2.35. The molecule has 1 heteroatoms. The van der Waals surface area contributed by atoms with Gasteiger partial charge in [0.1, 0.15) is 0 Å². The lowest BCUT2D eigenvalue weighted by molar-refractivity contribution is 0.885. The Morgan fingerprint density at radius 1 is 0.361 bits per heavy atom. The highest BCUT2D eigenvalue weighted by Crippen LogP contribution is 2.62. The van der Waals surface area contributed by atoms with Crippen LogP contribution in [0.25, 0.3) is 10.8 Å². The maximum absolute atomic E-state index is 2.35. The van der Waals surface area contributed by atoms with Crippen LogP contribution in [-0.4, -0.2) is 0 Å². The molecule has 0 fully saturated rings. The van der Waals surface area contributed by atoms with Crippen LogP contribution in [-0.2, 0) is 5.16 Å². The molecule has 172 valence electrons. The molecule has 0 aliphatic rings. The molecule has 0 bridgehead atoms. The van der Waals surface area contributed by atoms with Crippen LogP contribution in [0.3, 0.4) is 0 Å². The Labute approximate surface area is 214 Å². The highest BCUT2D eigenvalue weighted by Gasteiger charge is 2.45. The summed E-state index contributed by atoms with van der Waals surface area (Å²) < 4.78 is 0. The summed E-state index contributed by atoms with van der Waals surface area (Å²) in [5.41, 5.74) is 3.93. The van der Waals surface area contributed by atoms with E-state index in [1.807, 2.05) is 0 Å². The van der Waals surface area contributed by atoms with Crippen molar-refractivity contribution in [1.82, 2.24) is 0 Å². The van der Waals surface area contributed by atoms with E-state index in [0.717, 1.165) is 0 Å². The molecule has 1 unspecified atom stereocenters. The fourth-order valence-corrected chi connectivity index (χ4v) is 8.82. The zero-order valence-electron chi connectivity index (χ0n) is 20.0. The van der Waals surface area contributed by atoms with E-state index in [0.29, 0.717) is 0 Å². The van der Waals surface area contributed by atoms with Crippen LogP contribution >= 0.6 is 7.92 Å². The lowest BCUT2D eigenvalue weighted by atomic mass is 9.84. The van der Waals surface area contributed by atoms with E-state index in [4.69, 9.17) is 0 Å². The third-order valence-corrected chi connectivity index (χ3v) is 10.1. The van der Waals surface area contributed by atoms with Crippen LogP contribution in [0.2, 0.25) is 0 Å². The van der Waals surface area contributed by atoms with E-state index < -0.39 is 7.92 Å². The summed E-state index contributed by atoms with van der Waals surface area (Å²) in [6, 6.07) is 60.0. The molecule has 0 aliphatic carbocycles. The standard InChI is InChI=1S/C35H27P/c1-5-18-29(19-6-1)35(30-20-7-2-8-21-30,31-22-9-3-10-23-31)36(32-24-11-4-12-25-32)34-27-15-17-28-16-13-14-26-33(28)34/h1-27H. The molecule has 0 saturated heterocycles. The molecule has 0 N–H and O–H groups in total. The SMILES string of the molecule is c1ccc(P(c2cccc3ccccc23)C(c2ccccc2)(c2ccccc2)c2ccccc2)cc1. The van der Waals surface area contributed by atoms with Crippen molar-refractivity contribution in [3.05, 3.63) is 180 Å². The number of rotatable bonds is 6. The fraction of sp³-hybridized carbons (Fsp3) is 0.0286. The third-order valence-electron chi connectivity index (χ3n) is 6.93. The van der Waals surface area contributed by atoms with Crippen LogP contribution in [0.5, 0.6) is 0 Å². The topological polar surface area (TPSA) is 0 Å². The Morgan fingerprint density at radius 3 is 1.31 bits per heavy atom. The first-order chi connectivity index (χ1) is 17.9. The third kappa shape index (κ3) is 3.85. The quantitative estimate of drug-likeness (QED) is 0.167. The summed E-state index contributed by atoms with van der Waals surface area (Å²) in [7, 11) is -0.927. The van der Waals surface area contributed by atoms with Gasteiger partial charge in [-0.2, -0.15) is 0 Å². The summed E-state index contributed by atoms with van der Waals surface area (Å²) in [6.07, 6.45) is 0.